The molecule has 0 bridgehead atoms. The summed E-state index contributed by atoms with van der Waals surface area (Å²) in [6.45, 7) is 4.06. The first kappa shape index (κ1) is 13.2. The minimum Gasteiger partial charge on any atom is -0.306 e. The van der Waals surface area contributed by atoms with Crippen LogP contribution in [0.15, 0.2) is 23.3 Å². The fourth-order valence-electron chi connectivity index (χ4n) is 3.21. The van der Waals surface area contributed by atoms with Crippen LogP contribution < -0.4 is 5.43 Å². The number of ketones is 1. The molecule has 1 aromatic carbocycles. The minimum absolute atomic E-state index is 0.0404. The van der Waals surface area contributed by atoms with E-state index in [4.69, 9.17) is 0 Å². The lowest BCUT2D eigenvalue weighted by atomic mass is 9.68. The lowest BCUT2D eigenvalue weighted by molar-refractivity contribution is -0.126. The van der Waals surface area contributed by atoms with E-state index in [1.165, 1.54) is 12.1 Å². The number of halogens is 2. The molecule has 1 heterocycles. The molecule has 0 spiro atoms. The molecule has 0 unspecified atom stereocenters. The van der Waals surface area contributed by atoms with Crippen molar-refractivity contribution < 1.29 is 13.6 Å². The maximum Gasteiger partial charge on any atom is 0.167 e. The van der Waals surface area contributed by atoms with Crippen LogP contribution >= 0.6 is 0 Å². The first-order chi connectivity index (χ1) is 9.39. The Balaban J connectivity index is 1.98. The van der Waals surface area contributed by atoms with Gasteiger partial charge in [-0.2, -0.15) is 5.10 Å². The van der Waals surface area contributed by atoms with Crippen molar-refractivity contribution in [2.75, 3.05) is 0 Å². The van der Waals surface area contributed by atoms with Gasteiger partial charge < -0.3 is 5.43 Å². The molecule has 2 atom stereocenters. The predicted molar refractivity (Wildman–Crippen MR) is 71.3 cm³/mol. The van der Waals surface area contributed by atoms with Crippen molar-refractivity contribution in [3.8, 4) is 0 Å². The topological polar surface area (TPSA) is 41.5 Å². The highest BCUT2D eigenvalue weighted by Gasteiger charge is 2.46. The number of fused-ring (bicyclic) bond motifs is 1. The summed E-state index contributed by atoms with van der Waals surface area (Å²) < 4.78 is 27.2. The molecule has 0 aromatic heterocycles. The molecule has 1 N–H and O–H groups in total. The Morgan fingerprint density at radius 3 is 2.85 bits per heavy atom. The Morgan fingerprint density at radius 2 is 2.10 bits per heavy atom. The van der Waals surface area contributed by atoms with Crippen molar-refractivity contribution in [1.29, 1.82) is 0 Å². The second-order valence-corrected chi connectivity index (χ2v) is 6.32. The lowest BCUT2D eigenvalue weighted by Crippen LogP contribution is -2.45. The molecule has 3 rings (SSSR count). The van der Waals surface area contributed by atoms with Crippen LogP contribution in [-0.2, 0) is 4.79 Å². The zero-order chi connectivity index (χ0) is 14.5. The van der Waals surface area contributed by atoms with E-state index in [9.17, 15) is 13.6 Å². The van der Waals surface area contributed by atoms with Gasteiger partial charge >= 0.3 is 0 Å². The number of nitrogens with one attached hydrogen (secondary N) is 1. The first-order valence-corrected chi connectivity index (χ1v) is 6.69. The van der Waals surface area contributed by atoms with Gasteiger partial charge in [0.1, 0.15) is 5.78 Å². The van der Waals surface area contributed by atoms with Crippen LogP contribution in [0.5, 0.6) is 0 Å². The largest absolute Gasteiger partial charge is 0.306 e. The standard InChI is InChI=1S/C15H16F2N2O/c1-15(2)6-10-12(11(20)7-15)14(19-18-10)8-4-3-5-9(16)13(8)17/h3-5,10,12,18H,6-7H2,1-2H3/t10-,12+/m0/s1. The molecule has 1 fully saturated rings. The summed E-state index contributed by atoms with van der Waals surface area (Å²) in [5, 5.41) is 4.11. The second kappa shape index (κ2) is 4.36. The van der Waals surface area contributed by atoms with Crippen molar-refractivity contribution >= 4 is 11.5 Å². The fraction of sp³-hybridized carbons (Fsp3) is 0.467. The van der Waals surface area contributed by atoms with Crippen molar-refractivity contribution in [2.45, 2.75) is 32.7 Å². The molecule has 5 heteroatoms. The Bertz CT molecular complexity index is 610. The van der Waals surface area contributed by atoms with Crippen LogP contribution in [0.4, 0.5) is 8.78 Å². The van der Waals surface area contributed by atoms with Crippen LogP contribution in [0.3, 0.4) is 0 Å². The summed E-state index contributed by atoms with van der Waals surface area (Å²) in [6, 6.07) is 3.84. The van der Waals surface area contributed by atoms with Crippen molar-refractivity contribution in [3.63, 3.8) is 0 Å². The maximum absolute atomic E-state index is 13.9. The summed E-state index contributed by atoms with van der Waals surface area (Å²) in [7, 11) is 0. The first-order valence-electron chi connectivity index (χ1n) is 6.69. The van der Waals surface area contributed by atoms with Gasteiger partial charge in [-0.3, -0.25) is 4.79 Å². The Kier molecular flexibility index (Phi) is 2.88. The molecule has 1 aromatic rings. The van der Waals surface area contributed by atoms with Crippen molar-refractivity contribution in [1.82, 2.24) is 5.43 Å². The van der Waals surface area contributed by atoms with Crippen LogP contribution in [0.2, 0.25) is 0 Å². The number of benzene rings is 1. The Hall–Kier alpha value is -1.78. The molecular formula is C15H16F2N2O. The van der Waals surface area contributed by atoms with E-state index in [1.807, 2.05) is 13.8 Å². The van der Waals surface area contributed by atoms with Crippen LogP contribution in [0.25, 0.3) is 0 Å². The number of hydrogen-bond donors (Lipinski definition) is 1. The third-order valence-electron chi connectivity index (χ3n) is 4.05. The quantitative estimate of drug-likeness (QED) is 0.858. The predicted octanol–water partition coefficient (Wildman–Crippen LogP) is 2.65. The minimum atomic E-state index is -0.939. The summed E-state index contributed by atoms with van der Waals surface area (Å²) in [5.74, 6) is -2.29. The molecule has 1 aliphatic heterocycles. The van der Waals surface area contributed by atoms with Gasteiger partial charge in [-0.25, -0.2) is 8.78 Å². The van der Waals surface area contributed by atoms with E-state index in [0.717, 1.165) is 12.5 Å². The highest BCUT2D eigenvalue weighted by atomic mass is 19.2. The molecule has 1 saturated carbocycles. The number of carbonyl (C=O) groups excluding carboxylic acids is 1. The maximum atomic E-state index is 13.9. The number of hydrogen-bond acceptors (Lipinski definition) is 3. The zero-order valence-electron chi connectivity index (χ0n) is 11.4. The smallest absolute Gasteiger partial charge is 0.167 e. The van der Waals surface area contributed by atoms with Crippen LogP contribution in [0.1, 0.15) is 32.3 Å². The Morgan fingerprint density at radius 1 is 1.35 bits per heavy atom. The molecule has 1 aliphatic carbocycles. The summed E-state index contributed by atoms with van der Waals surface area (Å²) in [6.07, 6.45) is 1.22. The van der Waals surface area contributed by atoms with E-state index < -0.39 is 17.6 Å². The number of nitrogens with zero attached hydrogens (tertiary/aromatic N) is 1. The van der Waals surface area contributed by atoms with Gasteiger partial charge in [0.15, 0.2) is 11.6 Å². The molecular weight excluding hydrogens is 262 g/mol. The van der Waals surface area contributed by atoms with Gasteiger partial charge in [-0.1, -0.05) is 19.9 Å². The third-order valence-corrected chi connectivity index (χ3v) is 4.05. The van der Waals surface area contributed by atoms with Gasteiger partial charge in [0.25, 0.3) is 0 Å². The molecule has 0 radical (unpaired) electrons. The second-order valence-electron chi connectivity index (χ2n) is 6.32. The SMILES string of the molecule is CC1(C)CC(=O)[C@@H]2C(c3cccc(F)c3F)=NN[C@H]2C1. The van der Waals surface area contributed by atoms with Gasteiger partial charge in [0.2, 0.25) is 0 Å². The van der Waals surface area contributed by atoms with Gasteiger partial charge in [-0.05, 0) is 24.0 Å². The van der Waals surface area contributed by atoms with Crippen LogP contribution in [-0.4, -0.2) is 17.5 Å². The molecule has 106 valence electrons. The summed E-state index contributed by atoms with van der Waals surface area (Å²) in [4.78, 5) is 12.3. The highest BCUT2D eigenvalue weighted by molar-refractivity contribution is 6.15. The van der Waals surface area contributed by atoms with E-state index in [-0.39, 0.29) is 22.8 Å². The number of hydrazone groups is 1. The third kappa shape index (κ3) is 2.01. The number of rotatable bonds is 1. The molecule has 0 amide bonds. The number of carbonyl (C=O) groups is 1. The van der Waals surface area contributed by atoms with E-state index in [2.05, 4.69) is 10.5 Å². The molecule has 3 nitrogen and oxygen atoms in total. The van der Waals surface area contributed by atoms with Gasteiger partial charge in [-0.15, -0.1) is 0 Å². The molecule has 0 saturated heterocycles. The van der Waals surface area contributed by atoms with Gasteiger partial charge in [0, 0.05) is 12.0 Å². The zero-order valence-corrected chi connectivity index (χ0v) is 11.4. The average Bonchev–Trinajstić information content (AvgIpc) is 2.74. The monoisotopic (exact) mass is 278 g/mol. The van der Waals surface area contributed by atoms with Crippen molar-refractivity contribution in [3.05, 3.63) is 35.4 Å². The van der Waals surface area contributed by atoms with E-state index in [0.29, 0.717) is 12.1 Å². The summed E-state index contributed by atoms with van der Waals surface area (Å²) in [5.41, 5.74) is 3.24. The lowest BCUT2D eigenvalue weighted by Gasteiger charge is -2.36. The van der Waals surface area contributed by atoms with E-state index in [1.54, 1.807) is 0 Å². The van der Waals surface area contributed by atoms with Gasteiger partial charge in [0.05, 0.1) is 17.7 Å². The van der Waals surface area contributed by atoms with E-state index >= 15 is 0 Å². The number of Topliss-reactive ketones (excluding diaryl/α,β-unsaturated/α-hetero) is 1. The fourth-order valence-corrected chi connectivity index (χ4v) is 3.21. The highest BCUT2D eigenvalue weighted by Crippen LogP contribution is 2.39. The normalized spacial score (nSPS) is 27.8. The molecule has 2 aliphatic rings. The summed E-state index contributed by atoms with van der Waals surface area (Å²) >= 11 is 0. The Labute approximate surface area is 116 Å². The average molecular weight is 278 g/mol. The van der Waals surface area contributed by atoms with Crippen LogP contribution in [0, 0.1) is 23.0 Å². The molecule has 20 heavy (non-hydrogen) atoms. The van der Waals surface area contributed by atoms with Crippen molar-refractivity contribution in [2.24, 2.45) is 16.4 Å².